The summed E-state index contributed by atoms with van der Waals surface area (Å²) in [6.45, 7) is 3.94. The minimum absolute atomic E-state index is 0.0205. The van der Waals surface area contributed by atoms with Crippen molar-refractivity contribution in [2.24, 2.45) is 5.92 Å². The van der Waals surface area contributed by atoms with Crippen LogP contribution in [0, 0.1) is 5.92 Å². The van der Waals surface area contributed by atoms with Crippen LogP contribution < -0.4 is 10.6 Å². The van der Waals surface area contributed by atoms with Gasteiger partial charge in [0, 0.05) is 18.4 Å². The molecule has 1 aromatic rings. The zero-order valence-corrected chi connectivity index (χ0v) is 11.7. The maximum absolute atomic E-state index is 11.9. The number of hydrogen-bond donors (Lipinski definition) is 3. The van der Waals surface area contributed by atoms with E-state index in [0.29, 0.717) is 6.54 Å². The molecule has 1 heterocycles. The summed E-state index contributed by atoms with van der Waals surface area (Å²) in [6.07, 6.45) is 5.15. The van der Waals surface area contributed by atoms with Crippen LogP contribution in [0.3, 0.4) is 0 Å². The number of carboxylic acid groups (broad SMARTS) is 1. The second-order valence-corrected chi connectivity index (χ2v) is 5.51. The van der Waals surface area contributed by atoms with Gasteiger partial charge in [0.15, 0.2) is 0 Å². The molecule has 0 spiro atoms. The number of aromatic nitrogens is 2. The van der Waals surface area contributed by atoms with Gasteiger partial charge < -0.3 is 15.7 Å². The Bertz CT molecular complexity index is 484. The highest BCUT2D eigenvalue weighted by Gasteiger charge is 2.48. The number of carbonyl (C=O) groups excluding carboxylic acids is 1. The minimum Gasteiger partial charge on any atom is -0.480 e. The number of carbonyl (C=O) groups is 2. The summed E-state index contributed by atoms with van der Waals surface area (Å²) >= 11 is 0. The Morgan fingerprint density at radius 1 is 1.55 bits per heavy atom. The summed E-state index contributed by atoms with van der Waals surface area (Å²) in [5.74, 6) is -0.970. The molecule has 7 heteroatoms. The molecule has 20 heavy (non-hydrogen) atoms. The molecule has 0 bridgehead atoms. The highest BCUT2D eigenvalue weighted by Crippen LogP contribution is 2.39. The topological polar surface area (TPSA) is 96.3 Å². The van der Waals surface area contributed by atoms with Crippen molar-refractivity contribution < 1.29 is 14.7 Å². The highest BCUT2D eigenvalue weighted by molar-refractivity contribution is 5.86. The molecule has 2 amide bonds. The highest BCUT2D eigenvalue weighted by atomic mass is 16.4. The summed E-state index contributed by atoms with van der Waals surface area (Å²) in [7, 11) is 0. The summed E-state index contributed by atoms with van der Waals surface area (Å²) in [4.78, 5) is 23.2. The molecular weight excluding hydrogens is 260 g/mol. The van der Waals surface area contributed by atoms with Crippen LogP contribution in [0.25, 0.3) is 0 Å². The van der Waals surface area contributed by atoms with Crippen LogP contribution in [0.5, 0.6) is 0 Å². The lowest BCUT2D eigenvalue weighted by Crippen LogP contribution is -2.58. The predicted molar refractivity (Wildman–Crippen MR) is 72.1 cm³/mol. The van der Waals surface area contributed by atoms with Crippen LogP contribution in [0.15, 0.2) is 18.5 Å². The quantitative estimate of drug-likeness (QED) is 0.719. The number of urea groups is 1. The van der Waals surface area contributed by atoms with Gasteiger partial charge in [0.25, 0.3) is 0 Å². The monoisotopic (exact) mass is 280 g/mol. The molecule has 0 saturated heterocycles. The maximum Gasteiger partial charge on any atom is 0.329 e. The smallest absolute Gasteiger partial charge is 0.329 e. The van der Waals surface area contributed by atoms with E-state index in [1.807, 2.05) is 13.1 Å². The fourth-order valence-corrected chi connectivity index (χ4v) is 2.22. The zero-order chi connectivity index (χ0) is 14.8. The Labute approximate surface area is 117 Å². The number of amides is 2. The Morgan fingerprint density at radius 2 is 2.25 bits per heavy atom. The van der Waals surface area contributed by atoms with E-state index >= 15 is 0 Å². The third-order valence-electron chi connectivity index (χ3n) is 3.61. The van der Waals surface area contributed by atoms with Crippen LogP contribution >= 0.6 is 0 Å². The fourth-order valence-electron chi connectivity index (χ4n) is 2.22. The standard InChI is InChI=1S/C13H20N4O3/c1-9(8-17-7-3-6-14-17)15-12(20)16-13(2,11(18)19)10-4-5-10/h3,6-7,9-10H,4-5,8H2,1-2H3,(H,18,19)(H2,15,16,20). The molecule has 2 rings (SSSR count). The van der Waals surface area contributed by atoms with Gasteiger partial charge in [0.05, 0.1) is 6.54 Å². The van der Waals surface area contributed by atoms with Crippen LogP contribution in [-0.2, 0) is 11.3 Å². The molecule has 1 aromatic heterocycles. The van der Waals surface area contributed by atoms with Gasteiger partial charge in [-0.25, -0.2) is 9.59 Å². The van der Waals surface area contributed by atoms with E-state index in [4.69, 9.17) is 0 Å². The van der Waals surface area contributed by atoms with Crippen molar-refractivity contribution in [2.45, 2.75) is 44.8 Å². The molecule has 0 aromatic carbocycles. The van der Waals surface area contributed by atoms with Gasteiger partial charge in [0.1, 0.15) is 5.54 Å². The molecule has 2 unspecified atom stereocenters. The van der Waals surface area contributed by atoms with E-state index < -0.39 is 17.5 Å². The van der Waals surface area contributed by atoms with E-state index in [-0.39, 0.29) is 12.0 Å². The van der Waals surface area contributed by atoms with E-state index in [1.54, 1.807) is 23.9 Å². The average molecular weight is 280 g/mol. The number of carboxylic acids is 1. The van der Waals surface area contributed by atoms with Crippen LogP contribution in [0.2, 0.25) is 0 Å². The minimum atomic E-state index is -1.19. The third-order valence-corrected chi connectivity index (χ3v) is 3.61. The van der Waals surface area contributed by atoms with Crippen LogP contribution in [0.1, 0.15) is 26.7 Å². The molecular formula is C13H20N4O3. The number of rotatable bonds is 6. The summed E-state index contributed by atoms with van der Waals surface area (Å²) in [6, 6.07) is 1.20. The van der Waals surface area contributed by atoms with Crippen molar-refractivity contribution in [3.63, 3.8) is 0 Å². The third kappa shape index (κ3) is 3.28. The molecule has 110 valence electrons. The second-order valence-electron chi connectivity index (χ2n) is 5.51. The van der Waals surface area contributed by atoms with Crippen molar-refractivity contribution in [1.29, 1.82) is 0 Å². The normalized spacial score (nSPS) is 18.9. The van der Waals surface area contributed by atoms with Crippen molar-refractivity contribution in [1.82, 2.24) is 20.4 Å². The second kappa shape index (κ2) is 5.52. The number of nitrogens with zero attached hydrogens (tertiary/aromatic N) is 2. The first-order valence-electron chi connectivity index (χ1n) is 6.71. The van der Waals surface area contributed by atoms with Gasteiger partial charge in [-0.15, -0.1) is 0 Å². The van der Waals surface area contributed by atoms with Crippen LogP contribution in [-0.4, -0.2) is 38.5 Å². The SMILES string of the molecule is CC(Cn1cccn1)NC(=O)NC(C)(C(=O)O)C1CC1. The maximum atomic E-state index is 11.9. The van der Waals surface area contributed by atoms with Crippen molar-refractivity contribution in [2.75, 3.05) is 0 Å². The molecule has 0 radical (unpaired) electrons. The number of aliphatic carboxylic acids is 1. The van der Waals surface area contributed by atoms with E-state index in [2.05, 4.69) is 15.7 Å². The molecule has 7 nitrogen and oxygen atoms in total. The van der Waals surface area contributed by atoms with Crippen molar-refractivity contribution in [3.8, 4) is 0 Å². The van der Waals surface area contributed by atoms with Gasteiger partial charge in [-0.2, -0.15) is 5.10 Å². The molecule has 1 aliphatic rings. The first-order chi connectivity index (χ1) is 9.41. The van der Waals surface area contributed by atoms with E-state index in [1.165, 1.54) is 0 Å². The van der Waals surface area contributed by atoms with E-state index in [9.17, 15) is 14.7 Å². The van der Waals surface area contributed by atoms with Crippen molar-refractivity contribution in [3.05, 3.63) is 18.5 Å². The van der Waals surface area contributed by atoms with Gasteiger partial charge in [-0.3, -0.25) is 4.68 Å². The van der Waals surface area contributed by atoms with E-state index in [0.717, 1.165) is 12.8 Å². The Kier molecular flexibility index (Phi) is 3.96. The lowest BCUT2D eigenvalue weighted by Gasteiger charge is -2.27. The van der Waals surface area contributed by atoms with Crippen LogP contribution in [0.4, 0.5) is 4.79 Å². The molecule has 1 saturated carbocycles. The van der Waals surface area contributed by atoms with Gasteiger partial charge in [0.2, 0.25) is 0 Å². The molecule has 0 aliphatic heterocycles. The Hall–Kier alpha value is -2.05. The van der Waals surface area contributed by atoms with Gasteiger partial charge in [-0.1, -0.05) is 0 Å². The first-order valence-corrected chi connectivity index (χ1v) is 6.71. The Morgan fingerprint density at radius 3 is 2.75 bits per heavy atom. The zero-order valence-electron chi connectivity index (χ0n) is 11.7. The fraction of sp³-hybridized carbons (Fsp3) is 0.615. The lowest BCUT2D eigenvalue weighted by atomic mass is 9.96. The van der Waals surface area contributed by atoms with Gasteiger partial charge in [-0.05, 0) is 38.7 Å². The molecule has 3 N–H and O–H groups in total. The first kappa shape index (κ1) is 14.4. The predicted octanol–water partition coefficient (Wildman–Crippen LogP) is 0.824. The summed E-state index contributed by atoms with van der Waals surface area (Å²) in [5, 5.41) is 18.7. The molecule has 2 atom stereocenters. The van der Waals surface area contributed by atoms with Gasteiger partial charge >= 0.3 is 12.0 Å². The largest absolute Gasteiger partial charge is 0.480 e. The molecule has 1 fully saturated rings. The van der Waals surface area contributed by atoms with Crippen molar-refractivity contribution >= 4 is 12.0 Å². The summed E-state index contributed by atoms with van der Waals surface area (Å²) in [5.41, 5.74) is -1.19. The summed E-state index contributed by atoms with van der Waals surface area (Å²) < 4.78 is 1.71. The lowest BCUT2D eigenvalue weighted by molar-refractivity contribution is -0.144. The number of hydrogen-bond acceptors (Lipinski definition) is 3. The molecule has 1 aliphatic carbocycles. The Balaban J connectivity index is 1.86. The number of nitrogens with one attached hydrogen (secondary N) is 2. The average Bonchev–Trinajstić information content (AvgIpc) is 3.09.